The van der Waals surface area contributed by atoms with Gasteiger partial charge in [0.1, 0.15) is 11.6 Å². The van der Waals surface area contributed by atoms with Crippen molar-refractivity contribution < 1.29 is 13.6 Å². The molecule has 0 fully saturated rings. The number of nitrogens with one attached hydrogen (secondary N) is 1. The molecule has 20 heavy (non-hydrogen) atoms. The number of oxazole rings is 1. The van der Waals surface area contributed by atoms with E-state index in [1.807, 2.05) is 24.3 Å². The summed E-state index contributed by atoms with van der Waals surface area (Å²) in [6.45, 7) is 1.81. The molecule has 5 nitrogen and oxygen atoms in total. The van der Waals surface area contributed by atoms with E-state index in [9.17, 15) is 4.79 Å². The lowest BCUT2D eigenvalue weighted by Crippen LogP contribution is -2.26. The highest BCUT2D eigenvalue weighted by Gasteiger charge is 2.18. The molecule has 0 saturated carbocycles. The number of rotatable bonds is 3. The van der Waals surface area contributed by atoms with E-state index < -0.39 is 0 Å². The highest BCUT2D eigenvalue weighted by atomic mass is 79.9. The Hall–Kier alpha value is -2.08. The zero-order chi connectivity index (χ0) is 14.1. The molecule has 102 valence electrons. The number of hydrogen-bond acceptors (Lipinski definition) is 4. The fourth-order valence-electron chi connectivity index (χ4n) is 1.84. The van der Waals surface area contributed by atoms with Crippen LogP contribution in [0.4, 0.5) is 0 Å². The number of halogens is 1. The first-order valence-corrected chi connectivity index (χ1v) is 6.84. The van der Waals surface area contributed by atoms with Crippen LogP contribution in [-0.4, -0.2) is 10.9 Å². The minimum Gasteiger partial charge on any atom is -0.444 e. The summed E-state index contributed by atoms with van der Waals surface area (Å²) in [5.74, 6) is 0.385. The smallest absolute Gasteiger partial charge is 0.287 e. The van der Waals surface area contributed by atoms with Gasteiger partial charge < -0.3 is 14.2 Å². The Bertz CT molecular complexity index is 729. The van der Waals surface area contributed by atoms with Gasteiger partial charge in [0.2, 0.25) is 5.89 Å². The molecule has 1 atom stereocenters. The summed E-state index contributed by atoms with van der Waals surface area (Å²) in [5.41, 5.74) is 1.47. The van der Waals surface area contributed by atoms with Gasteiger partial charge in [-0.3, -0.25) is 4.79 Å². The summed E-state index contributed by atoms with van der Waals surface area (Å²) in [4.78, 5) is 16.3. The lowest BCUT2D eigenvalue weighted by atomic mass is 10.3. The maximum atomic E-state index is 12.0. The van der Waals surface area contributed by atoms with Crippen LogP contribution in [0.3, 0.4) is 0 Å². The Labute approximate surface area is 123 Å². The lowest BCUT2D eigenvalue weighted by Gasteiger charge is -2.08. The van der Waals surface area contributed by atoms with Crippen molar-refractivity contribution in [3.05, 3.63) is 52.7 Å². The van der Waals surface area contributed by atoms with Crippen LogP contribution in [0.2, 0.25) is 0 Å². The summed E-state index contributed by atoms with van der Waals surface area (Å²) in [6.07, 6.45) is 0. The van der Waals surface area contributed by atoms with Crippen molar-refractivity contribution in [1.29, 1.82) is 0 Å². The molecule has 1 N–H and O–H groups in total. The molecule has 0 aliphatic rings. The number of nitrogens with zero attached hydrogens (tertiary/aromatic N) is 1. The maximum Gasteiger partial charge on any atom is 0.287 e. The van der Waals surface area contributed by atoms with Crippen molar-refractivity contribution >= 4 is 32.9 Å². The monoisotopic (exact) mass is 334 g/mol. The zero-order valence-corrected chi connectivity index (χ0v) is 12.2. The highest BCUT2D eigenvalue weighted by Crippen LogP contribution is 2.20. The zero-order valence-electron chi connectivity index (χ0n) is 10.6. The molecule has 0 aliphatic carbocycles. The Morgan fingerprint density at radius 1 is 1.25 bits per heavy atom. The topological polar surface area (TPSA) is 68.3 Å². The summed E-state index contributed by atoms with van der Waals surface area (Å²) in [5, 5.41) is 2.78. The first-order valence-electron chi connectivity index (χ1n) is 6.05. The third-order valence-electron chi connectivity index (χ3n) is 2.83. The quantitative estimate of drug-likeness (QED) is 0.793. The number of aromatic nitrogens is 1. The summed E-state index contributed by atoms with van der Waals surface area (Å²) in [7, 11) is 0. The van der Waals surface area contributed by atoms with Gasteiger partial charge in [-0.25, -0.2) is 4.98 Å². The molecule has 0 saturated heterocycles. The third-order valence-corrected chi connectivity index (χ3v) is 3.25. The van der Waals surface area contributed by atoms with E-state index in [0.717, 1.165) is 5.52 Å². The summed E-state index contributed by atoms with van der Waals surface area (Å²) < 4.78 is 11.3. The van der Waals surface area contributed by atoms with Gasteiger partial charge in [-0.05, 0) is 47.1 Å². The molecule has 3 rings (SSSR count). The second-order valence-corrected chi connectivity index (χ2v) is 5.10. The van der Waals surface area contributed by atoms with Gasteiger partial charge >= 0.3 is 0 Å². The van der Waals surface area contributed by atoms with E-state index in [0.29, 0.717) is 16.1 Å². The predicted octanol–water partition coefficient (Wildman–Crippen LogP) is 3.67. The summed E-state index contributed by atoms with van der Waals surface area (Å²) in [6, 6.07) is 10.4. The molecule has 6 heteroatoms. The fraction of sp³-hybridized carbons (Fsp3) is 0.143. The largest absolute Gasteiger partial charge is 0.444 e. The van der Waals surface area contributed by atoms with Crippen LogP contribution in [0, 0.1) is 0 Å². The Morgan fingerprint density at radius 2 is 2.05 bits per heavy atom. The SMILES string of the molecule is CC(NC(=O)c1ccc(Br)o1)c1nc2ccccc2o1. The van der Waals surface area contributed by atoms with Crippen LogP contribution >= 0.6 is 15.9 Å². The third kappa shape index (κ3) is 2.46. The molecule has 0 spiro atoms. The highest BCUT2D eigenvalue weighted by molar-refractivity contribution is 9.10. The minimum atomic E-state index is -0.348. The number of amides is 1. The standard InChI is InChI=1S/C14H11BrN2O3/c1-8(16-13(18)11-6-7-12(15)19-11)14-17-9-4-2-3-5-10(9)20-14/h2-8H,1H3,(H,16,18). The Balaban J connectivity index is 1.78. The molecule has 1 unspecified atom stereocenters. The van der Waals surface area contributed by atoms with Gasteiger partial charge in [-0.15, -0.1) is 0 Å². The van der Waals surface area contributed by atoms with Crippen molar-refractivity contribution in [3.63, 3.8) is 0 Å². The molecule has 1 aromatic carbocycles. The number of carbonyl (C=O) groups excluding carboxylic acids is 1. The number of hydrogen-bond donors (Lipinski definition) is 1. The van der Waals surface area contributed by atoms with Gasteiger partial charge in [0.25, 0.3) is 5.91 Å². The predicted molar refractivity (Wildman–Crippen MR) is 76.3 cm³/mol. The van der Waals surface area contributed by atoms with Crippen LogP contribution in [0.5, 0.6) is 0 Å². The van der Waals surface area contributed by atoms with E-state index in [2.05, 4.69) is 26.2 Å². The van der Waals surface area contributed by atoms with Gasteiger partial charge in [-0.2, -0.15) is 0 Å². The molecule has 0 radical (unpaired) electrons. The second kappa shape index (κ2) is 5.13. The van der Waals surface area contributed by atoms with Crippen LogP contribution < -0.4 is 5.32 Å². The van der Waals surface area contributed by atoms with Crippen molar-refractivity contribution in [2.24, 2.45) is 0 Å². The number of carbonyl (C=O) groups is 1. The first kappa shape index (κ1) is 12.9. The number of furan rings is 1. The number of benzene rings is 1. The number of fused-ring (bicyclic) bond motifs is 1. The molecule has 2 heterocycles. The molecular formula is C14H11BrN2O3. The maximum absolute atomic E-state index is 12.0. The van der Waals surface area contributed by atoms with E-state index in [-0.39, 0.29) is 17.7 Å². The molecule has 3 aromatic rings. The molecular weight excluding hydrogens is 324 g/mol. The minimum absolute atomic E-state index is 0.236. The normalized spacial score (nSPS) is 12.5. The van der Waals surface area contributed by atoms with Crippen LogP contribution in [-0.2, 0) is 0 Å². The molecule has 2 aromatic heterocycles. The van der Waals surface area contributed by atoms with Crippen molar-refractivity contribution in [2.45, 2.75) is 13.0 Å². The first-order chi connectivity index (χ1) is 9.63. The molecule has 1 amide bonds. The van der Waals surface area contributed by atoms with Crippen LogP contribution in [0.1, 0.15) is 29.4 Å². The van der Waals surface area contributed by atoms with Gasteiger partial charge in [0.05, 0.1) is 0 Å². The van der Waals surface area contributed by atoms with Crippen molar-refractivity contribution in [2.75, 3.05) is 0 Å². The van der Waals surface area contributed by atoms with E-state index in [1.165, 1.54) is 0 Å². The van der Waals surface area contributed by atoms with Gasteiger partial charge in [0.15, 0.2) is 16.0 Å². The number of para-hydroxylation sites is 2. The fourth-order valence-corrected chi connectivity index (χ4v) is 2.15. The van der Waals surface area contributed by atoms with E-state index in [1.54, 1.807) is 19.1 Å². The van der Waals surface area contributed by atoms with E-state index in [4.69, 9.17) is 8.83 Å². The average molecular weight is 335 g/mol. The second-order valence-electron chi connectivity index (χ2n) is 4.32. The lowest BCUT2D eigenvalue weighted by molar-refractivity contribution is 0.0905. The molecule has 0 bridgehead atoms. The summed E-state index contributed by atoms with van der Waals surface area (Å²) >= 11 is 3.16. The van der Waals surface area contributed by atoms with Crippen LogP contribution in [0.25, 0.3) is 11.1 Å². The van der Waals surface area contributed by atoms with Gasteiger partial charge in [0, 0.05) is 0 Å². The van der Waals surface area contributed by atoms with Crippen molar-refractivity contribution in [3.8, 4) is 0 Å². The Morgan fingerprint density at radius 3 is 2.75 bits per heavy atom. The van der Waals surface area contributed by atoms with Gasteiger partial charge in [-0.1, -0.05) is 12.1 Å². The molecule has 0 aliphatic heterocycles. The van der Waals surface area contributed by atoms with Crippen molar-refractivity contribution in [1.82, 2.24) is 10.3 Å². The Kier molecular flexibility index (Phi) is 3.31. The van der Waals surface area contributed by atoms with Crippen LogP contribution in [0.15, 0.2) is 49.9 Å². The average Bonchev–Trinajstić information content (AvgIpc) is 3.04. The van der Waals surface area contributed by atoms with E-state index >= 15 is 0 Å².